The number of ether oxygens (including phenoxy) is 2. The van der Waals surface area contributed by atoms with E-state index >= 15 is 0 Å². The third-order valence-electron chi connectivity index (χ3n) is 4.19. The van der Waals surface area contributed by atoms with E-state index in [0.717, 1.165) is 0 Å². The Morgan fingerprint density at radius 1 is 1.16 bits per heavy atom. The largest absolute Gasteiger partial charge is 0.497 e. The average Bonchev–Trinajstić information content (AvgIpc) is 2.62. The summed E-state index contributed by atoms with van der Waals surface area (Å²) in [5.74, 6) is 1.16. The summed E-state index contributed by atoms with van der Waals surface area (Å²) in [6, 6.07) is 11.4. The number of aliphatic hydroxyl groups is 1. The van der Waals surface area contributed by atoms with Crippen molar-refractivity contribution in [2.75, 3.05) is 24.6 Å². The molecule has 1 unspecified atom stereocenters. The fourth-order valence-electron chi connectivity index (χ4n) is 2.92. The second-order valence-electron chi connectivity index (χ2n) is 5.71. The molecule has 3 rings (SSSR count). The molecule has 25 heavy (non-hydrogen) atoms. The highest BCUT2D eigenvalue weighted by atomic mass is 32.2. The van der Waals surface area contributed by atoms with Gasteiger partial charge in [-0.25, -0.2) is 8.42 Å². The van der Waals surface area contributed by atoms with Crippen molar-refractivity contribution in [2.24, 2.45) is 0 Å². The van der Waals surface area contributed by atoms with Crippen LogP contribution in [0.15, 0.2) is 47.4 Å². The van der Waals surface area contributed by atoms with Gasteiger partial charge < -0.3 is 14.6 Å². The fraction of sp³-hybridized carbons (Fsp3) is 0.333. The van der Waals surface area contributed by atoms with E-state index in [1.165, 1.54) is 23.5 Å². The highest BCUT2D eigenvalue weighted by Crippen LogP contribution is 2.39. The molecule has 134 valence electrons. The highest BCUT2D eigenvalue weighted by Gasteiger charge is 2.32. The van der Waals surface area contributed by atoms with Crippen LogP contribution in [-0.4, -0.2) is 33.8 Å². The summed E-state index contributed by atoms with van der Waals surface area (Å²) in [6.07, 6.45) is -0.344. The molecule has 0 saturated carbocycles. The van der Waals surface area contributed by atoms with Gasteiger partial charge in [0.05, 0.1) is 30.4 Å². The van der Waals surface area contributed by atoms with Crippen molar-refractivity contribution in [1.29, 1.82) is 0 Å². The molecule has 1 aliphatic heterocycles. The van der Waals surface area contributed by atoms with Gasteiger partial charge in [0.1, 0.15) is 11.5 Å². The third-order valence-corrected chi connectivity index (χ3v) is 6.02. The van der Waals surface area contributed by atoms with Crippen molar-refractivity contribution in [3.05, 3.63) is 48.0 Å². The first-order valence-electron chi connectivity index (χ1n) is 8.09. The molecule has 6 nitrogen and oxygen atoms in total. The predicted octanol–water partition coefficient (Wildman–Crippen LogP) is 2.73. The number of hydrogen-bond acceptors (Lipinski definition) is 5. The number of fused-ring (bicyclic) bond motifs is 1. The van der Waals surface area contributed by atoms with E-state index < -0.39 is 16.1 Å². The van der Waals surface area contributed by atoms with Crippen molar-refractivity contribution in [2.45, 2.75) is 24.3 Å². The Morgan fingerprint density at radius 3 is 2.48 bits per heavy atom. The van der Waals surface area contributed by atoms with Crippen LogP contribution in [0, 0.1) is 0 Å². The Hall–Kier alpha value is -2.25. The monoisotopic (exact) mass is 363 g/mol. The zero-order valence-corrected chi connectivity index (χ0v) is 15.0. The zero-order valence-electron chi connectivity index (χ0n) is 14.2. The number of methoxy groups -OCH3 is 1. The van der Waals surface area contributed by atoms with E-state index in [1.807, 2.05) is 6.92 Å². The summed E-state index contributed by atoms with van der Waals surface area (Å²) in [7, 11) is -2.22. The normalized spacial score (nSPS) is 17.1. The lowest BCUT2D eigenvalue weighted by molar-refractivity contribution is 0.166. The summed E-state index contributed by atoms with van der Waals surface area (Å²) >= 11 is 0. The lowest BCUT2D eigenvalue weighted by Crippen LogP contribution is -2.36. The molecule has 0 amide bonds. The molecule has 0 fully saturated rings. The maximum absolute atomic E-state index is 13.1. The van der Waals surface area contributed by atoms with Crippen LogP contribution in [0.25, 0.3) is 0 Å². The number of rotatable bonds is 5. The van der Waals surface area contributed by atoms with Crippen LogP contribution in [0.2, 0.25) is 0 Å². The molecule has 0 aromatic heterocycles. The van der Waals surface area contributed by atoms with Gasteiger partial charge in [0, 0.05) is 18.2 Å². The van der Waals surface area contributed by atoms with Gasteiger partial charge in [-0.2, -0.15) is 0 Å². The van der Waals surface area contributed by atoms with Gasteiger partial charge in [-0.3, -0.25) is 4.31 Å². The van der Waals surface area contributed by atoms with Crippen molar-refractivity contribution in [1.82, 2.24) is 0 Å². The van der Waals surface area contributed by atoms with Gasteiger partial charge in [-0.05, 0) is 43.7 Å². The molecule has 0 radical (unpaired) electrons. The van der Waals surface area contributed by atoms with Crippen LogP contribution in [0.3, 0.4) is 0 Å². The van der Waals surface area contributed by atoms with Crippen molar-refractivity contribution in [3.8, 4) is 11.5 Å². The molecular formula is C18H21NO5S. The molecule has 2 aromatic carbocycles. The third kappa shape index (κ3) is 3.29. The lowest BCUT2D eigenvalue weighted by Gasteiger charge is -2.33. The van der Waals surface area contributed by atoms with Crippen LogP contribution in [0.1, 0.15) is 25.0 Å². The summed E-state index contributed by atoms with van der Waals surface area (Å²) in [4.78, 5) is 0.182. The van der Waals surface area contributed by atoms with Crippen molar-refractivity contribution in [3.63, 3.8) is 0 Å². The molecule has 7 heteroatoms. The first kappa shape index (κ1) is 17.6. The zero-order chi connectivity index (χ0) is 18.0. The second kappa shape index (κ2) is 6.93. The SMILES string of the molecule is CCOc1ccc(S(=O)(=O)N2CCC(O)c3ccc(OC)cc32)cc1. The maximum atomic E-state index is 13.1. The number of nitrogens with zero attached hydrogens (tertiary/aromatic N) is 1. The Labute approximate surface area is 147 Å². The Bertz CT molecular complexity index is 848. The summed E-state index contributed by atoms with van der Waals surface area (Å²) in [6.45, 7) is 2.59. The fourth-order valence-corrected chi connectivity index (χ4v) is 4.41. The minimum atomic E-state index is -3.74. The smallest absolute Gasteiger partial charge is 0.264 e. The number of sulfonamides is 1. The van der Waals surface area contributed by atoms with Gasteiger partial charge in [0.15, 0.2) is 0 Å². The Balaban J connectivity index is 2.02. The van der Waals surface area contributed by atoms with Gasteiger partial charge in [0.2, 0.25) is 0 Å². The molecule has 1 atom stereocenters. The molecule has 1 N–H and O–H groups in total. The molecule has 1 aliphatic rings. The van der Waals surface area contributed by atoms with Gasteiger partial charge >= 0.3 is 0 Å². The van der Waals surface area contributed by atoms with E-state index in [1.54, 1.807) is 30.3 Å². The molecule has 2 aromatic rings. The molecule has 0 spiro atoms. The summed E-state index contributed by atoms with van der Waals surface area (Å²) in [5, 5.41) is 10.2. The minimum absolute atomic E-state index is 0.182. The number of aliphatic hydroxyl groups excluding tert-OH is 1. The quantitative estimate of drug-likeness (QED) is 0.884. The maximum Gasteiger partial charge on any atom is 0.264 e. The number of anilines is 1. The number of benzene rings is 2. The van der Waals surface area contributed by atoms with Crippen molar-refractivity contribution < 1.29 is 23.0 Å². The summed E-state index contributed by atoms with van der Waals surface area (Å²) < 4.78 is 38.1. The molecule has 0 aliphatic carbocycles. The van der Waals surface area contributed by atoms with Gasteiger partial charge in [-0.1, -0.05) is 6.07 Å². The van der Waals surface area contributed by atoms with E-state index in [9.17, 15) is 13.5 Å². The van der Waals surface area contributed by atoms with E-state index in [-0.39, 0.29) is 11.4 Å². The Kier molecular flexibility index (Phi) is 4.87. The highest BCUT2D eigenvalue weighted by molar-refractivity contribution is 7.92. The van der Waals surface area contributed by atoms with E-state index in [2.05, 4.69) is 0 Å². The molecule has 0 saturated heterocycles. The predicted molar refractivity (Wildman–Crippen MR) is 94.7 cm³/mol. The molecule has 1 heterocycles. The Morgan fingerprint density at radius 2 is 1.84 bits per heavy atom. The molecular weight excluding hydrogens is 342 g/mol. The van der Waals surface area contributed by atoms with Crippen LogP contribution in [0.5, 0.6) is 11.5 Å². The number of hydrogen-bond donors (Lipinski definition) is 1. The second-order valence-corrected chi connectivity index (χ2v) is 7.57. The summed E-state index contributed by atoms with van der Waals surface area (Å²) in [5.41, 5.74) is 1.04. The van der Waals surface area contributed by atoms with Crippen molar-refractivity contribution >= 4 is 15.7 Å². The van der Waals surface area contributed by atoms with Crippen LogP contribution >= 0.6 is 0 Å². The first-order valence-corrected chi connectivity index (χ1v) is 9.53. The first-order chi connectivity index (χ1) is 12.0. The van der Waals surface area contributed by atoms with Gasteiger partial charge in [-0.15, -0.1) is 0 Å². The van der Waals surface area contributed by atoms with E-state index in [0.29, 0.717) is 35.8 Å². The minimum Gasteiger partial charge on any atom is -0.497 e. The molecule has 0 bridgehead atoms. The van der Waals surface area contributed by atoms with Crippen LogP contribution < -0.4 is 13.8 Å². The van der Waals surface area contributed by atoms with Crippen LogP contribution in [-0.2, 0) is 10.0 Å². The average molecular weight is 363 g/mol. The standard InChI is InChI=1S/C18H21NO5S/c1-3-24-13-4-7-15(8-5-13)25(21,22)19-11-10-18(20)16-9-6-14(23-2)12-17(16)19/h4-9,12,18,20H,3,10-11H2,1-2H3. The van der Waals surface area contributed by atoms with Crippen LogP contribution in [0.4, 0.5) is 5.69 Å². The van der Waals surface area contributed by atoms with E-state index in [4.69, 9.17) is 9.47 Å². The lowest BCUT2D eigenvalue weighted by atomic mass is 10.0. The van der Waals surface area contributed by atoms with Gasteiger partial charge in [0.25, 0.3) is 10.0 Å². The topological polar surface area (TPSA) is 76.1 Å².